The molecule has 4 heteroatoms. The highest BCUT2D eigenvalue weighted by Gasteiger charge is 2.14. The number of rotatable bonds is 4. The summed E-state index contributed by atoms with van der Waals surface area (Å²) in [4.78, 5) is 22.7. The number of nitrogens with zero attached hydrogens (tertiary/aromatic N) is 1. The topological polar surface area (TPSA) is 65.1 Å². The predicted molar refractivity (Wildman–Crippen MR) is 70.5 cm³/mol. The molecule has 1 aromatic heterocycles. The molecule has 4 nitrogen and oxygen atoms in total. The lowest BCUT2D eigenvalue weighted by Crippen LogP contribution is -2.18. The number of Topliss-reactive ketones (excluding diaryl/α,β-unsaturated/α-hetero) is 1. The molecule has 18 heavy (non-hydrogen) atoms. The SMILES string of the molecule is CCc1cccc2c(C(C)=O)cn(CC(N)=O)c12. The second-order valence-electron chi connectivity index (χ2n) is 4.36. The quantitative estimate of drug-likeness (QED) is 0.835. The fraction of sp³-hybridized carbons (Fsp3) is 0.286. The summed E-state index contributed by atoms with van der Waals surface area (Å²) in [5, 5.41) is 0.892. The number of fused-ring (bicyclic) bond motifs is 1. The van der Waals surface area contributed by atoms with Gasteiger partial charge in [0.25, 0.3) is 0 Å². The zero-order valence-corrected chi connectivity index (χ0v) is 10.6. The Balaban J connectivity index is 2.76. The number of para-hydroxylation sites is 1. The minimum Gasteiger partial charge on any atom is -0.368 e. The number of hydrogen-bond donors (Lipinski definition) is 1. The van der Waals surface area contributed by atoms with Crippen LogP contribution in [-0.4, -0.2) is 16.3 Å². The van der Waals surface area contributed by atoms with Gasteiger partial charge in [0.1, 0.15) is 6.54 Å². The molecule has 0 atom stereocenters. The van der Waals surface area contributed by atoms with E-state index in [0.717, 1.165) is 22.9 Å². The van der Waals surface area contributed by atoms with E-state index in [9.17, 15) is 9.59 Å². The number of amides is 1. The van der Waals surface area contributed by atoms with Crippen molar-refractivity contribution in [1.29, 1.82) is 0 Å². The average molecular weight is 244 g/mol. The molecule has 0 spiro atoms. The lowest BCUT2D eigenvalue weighted by molar-refractivity contribution is -0.118. The fourth-order valence-electron chi connectivity index (χ4n) is 2.30. The number of primary amides is 1. The highest BCUT2D eigenvalue weighted by Crippen LogP contribution is 2.25. The molecule has 1 aromatic carbocycles. The smallest absolute Gasteiger partial charge is 0.237 e. The molecule has 2 rings (SSSR count). The van der Waals surface area contributed by atoms with Crippen LogP contribution in [0, 0.1) is 0 Å². The first kappa shape index (κ1) is 12.4. The number of nitrogens with two attached hydrogens (primary N) is 1. The van der Waals surface area contributed by atoms with Crippen LogP contribution in [0.5, 0.6) is 0 Å². The molecule has 0 unspecified atom stereocenters. The van der Waals surface area contributed by atoms with Crippen LogP contribution in [0.1, 0.15) is 29.8 Å². The first-order chi connectivity index (χ1) is 8.54. The van der Waals surface area contributed by atoms with Gasteiger partial charge in [0.15, 0.2) is 5.78 Å². The maximum absolute atomic E-state index is 11.6. The van der Waals surface area contributed by atoms with Gasteiger partial charge >= 0.3 is 0 Å². The van der Waals surface area contributed by atoms with Gasteiger partial charge in [-0.2, -0.15) is 0 Å². The van der Waals surface area contributed by atoms with E-state index in [1.807, 2.05) is 25.1 Å². The minimum atomic E-state index is -0.409. The van der Waals surface area contributed by atoms with Gasteiger partial charge in [0.2, 0.25) is 5.91 Å². The van der Waals surface area contributed by atoms with E-state index in [4.69, 9.17) is 5.73 Å². The predicted octanol–water partition coefficient (Wildman–Crippen LogP) is 1.89. The summed E-state index contributed by atoms with van der Waals surface area (Å²) in [5.41, 5.74) is 7.93. The van der Waals surface area contributed by atoms with Crippen molar-refractivity contribution in [2.24, 2.45) is 5.73 Å². The van der Waals surface area contributed by atoms with Crippen molar-refractivity contribution in [3.05, 3.63) is 35.5 Å². The van der Waals surface area contributed by atoms with E-state index in [1.165, 1.54) is 6.92 Å². The average Bonchev–Trinajstić information content (AvgIpc) is 2.67. The van der Waals surface area contributed by atoms with Crippen LogP contribution < -0.4 is 5.73 Å². The highest BCUT2D eigenvalue weighted by atomic mass is 16.1. The van der Waals surface area contributed by atoms with Gasteiger partial charge in [-0.3, -0.25) is 9.59 Å². The van der Waals surface area contributed by atoms with Gasteiger partial charge in [-0.15, -0.1) is 0 Å². The molecule has 2 aromatic rings. The third-order valence-electron chi connectivity index (χ3n) is 3.07. The molecule has 0 aliphatic rings. The lowest BCUT2D eigenvalue weighted by atomic mass is 10.1. The number of aryl methyl sites for hydroxylation is 1. The maximum atomic E-state index is 11.6. The first-order valence-electron chi connectivity index (χ1n) is 5.94. The molecule has 0 radical (unpaired) electrons. The number of aromatic nitrogens is 1. The molecule has 1 heterocycles. The minimum absolute atomic E-state index is 0.00327. The Morgan fingerprint density at radius 2 is 2.06 bits per heavy atom. The van der Waals surface area contributed by atoms with E-state index >= 15 is 0 Å². The van der Waals surface area contributed by atoms with Crippen LogP contribution in [0.15, 0.2) is 24.4 Å². The second kappa shape index (κ2) is 4.64. The summed E-state index contributed by atoms with van der Waals surface area (Å²) in [6, 6.07) is 5.84. The van der Waals surface area contributed by atoms with Crippen LogP contribution in [-0.2, 0) is 17.8 Å². The van der Waals surface area contributed by atoms with Gasteiger partial charge in [0, 0.05) is 17.1 Å². The Morgan fingerprint density at radius 3 is 2.61 bits per heavy atom. The monoisotopic (exact) mass is 244 g/mol. The molecule has 0 aliphatic heterocycles. The van der Waals surface area contributed by atoms with Crippen LogP contribution in [0.4, 0.5) is 0 Å². The van der Waals surface area contributed by atoms with E-state index in [0.29, 0.717) is 5.56 Å². The van der Waals surface area contributed by atoms with Crippen molar-refractivity contribution in [3.63, 3.8) is 0 Å². The van der Waals surface area contributed by atoms with Crippen molar-refractivity contribution in [3.8, 4) is 0 Å². The molecule has 94 valence electrons. The van der Waals surface area contributed by atoms with E-state index in [2.05, 4.69) is 0 Å². The summed E-state index contributed by atoms with van der Waals surface area (Å²) >= 11 is 0. The number of benzene rings is 1. The Labute approximate surface area is 105 Å². The third-order valence-corrected chi connectivity index (χ3v) is 3.07. The van der Waals surface area contributed by atoms with Crippen LogP contribution in [0.2, 0.25) is 0 Å². The Kier molecular flexibility index (Phi) is 3.19. The number of ketones is 1. The summed E-state index contributed by atoms with van der Waals surface area (Å²) in [6.07, 6.45) is 2.56. The van der Waals surface area contributed by atoms with Crippen LogP contribution in [0.25, 0.3) is 10.9 Å². The summed E-state index contributed by atoms with van der Waals surface area (Å²) in [6.45, 7) is 3.67. The van der Waals surface area contributed by atoms with Crippen molar-refractivity contribution in [2.45, 2.75) is 26.8 Å². The number of hydrogen-bond acceptors (Lipinski definition) is 2. The molecular formula is C14H16N2O2. The first-order valence-corrected chi connectivity index (χ1v) is 5.94. The van der Waals surface area contributed by atoms with Crippen molar-refractivity contribution in [2.75, 3.05) is 0 Å². The Hall–Kier alpha value is -2.10. The van der Waals surface area contributed by atoms with Gasteiger partial charge < -0.3 is 10.3 Å². The zero-order valence-electron chi connectivity index (χ0n) is 10.6. The number of carbonyl (C=O) groups excluding carboxylic acids is 2. The maximum Gasteiger partial charge on any atom is 0.237 e. The van der Waals surface area contributed by atoms with Crippen molar-refractivity contribution >= 4 is 22.6 Å². The highest BCUT2D eigenvalue weighted by molar-refractivity contribution is 6.07. The van der Waals surface area contributed by atoms with Crippen LogP contribution >= 0.6 is 0 Å². The van der Waals surface area contributed by atoms with Gasteiger partial charge in [-0.25, -0.2) is 0 Å². The standard InChI is InChI=1S/C14H16N2O2/c1-3-10-5-4-6-11-12(9(2)17)7-16(14(10)11)8-13(15)18/h4-7H,3,8H2,1-2H3,(H2,15,18). The van der Waals surface area contributed by atoms with Gasteiger partial charge in [0.05, 0.1) is 5.52 Å². The van der Waals surface area contributed by atoms with E-state index < -0.39 is 5.91 Å². The van der Waals surface area contributed by atoms with Crippen molar-refractivity contribution in [1.82, 2.24) is 4.57 Å². The van der Waals surface area contributed by atoms with Crippen molar-refractivity contribution < 1.29 is 9.59 Å². The molecular weight excluding hydrogens is 228 g/mol. The van der Waals surface area contributed by atoms with E-state index in [-0.39, 0.29) is 12.3 Å². The Bertz CT molecular complexity index is 626. The molecule has 0 fully saturated rings. The zero-order chi connectivity index (χ0) is 13.3. The molecule has 0 saturated heterocycles. The van der Waals surface area contributed by atoms with Gasteiger partial charge in [-0.05, 0) is 18.9 Å². The van der Waals surface area contributed by atoms with E-state index in [1.54, 1.807) is 10.8 Å². The summed E-state index contributed by atoms with van der Waals surface area (Å²) < 4.78 is 1.77. The van der Waals surface area contributed by atoms with Crippen LogP contribution in [0.3, 0.4) is 0 Å². The second-order valence-corrected chi connectivity index (χ2v) is 4.36. The molecule has 0 saturated carbocycles. The normalized spacial score (nSPS) is 10.8. The largest absolute Gasteiger partial charge is 0.368 e. The summed E-state index contributed by atoms with van der Waals surface area (Å²) in [7, 11) is 0. The lowest BCUT2D eigenvalue weighted by Gasteiger charge is -2.06. The third kappa shape index (κ3) is 2.01. The fourth-order valence-corrected chi connectivity index (χ4v) is 2.30. The summed E-state index contributed by atoms with van der Waals surface area (Å²) in [5.74, 6) is -0.413. The molecule has 0 bridgehead atoms. The number of carbonyl (C=O) groups is 2. The Morgan fingerprint density at radius 1 is 1.33 bits per heavy atom. The molecule has 2 N–H and O–H groups in total. The van der Waals surface area contributed by atoms with Gasteiger partial charge in [-0.1, -0.05) is 25.1 Å². The molecule has 1 amide bonds. The molecule has 0 aliphatic carbocycles.